The second-order valence-electron chi connectivity index (χ2n) is 4.07. The van der Waals surface area contributed by atoms with Gasteiger partial charge in [0.15, 0.2) is 5.56 Å². The highest BCUT2D eigenvalue weighted by Crippen LogP contribution is 2.30. The van der Waals surface area contributed by atoms with Crippen LogP contribution in [-0.4, -0.2) is 11.7 Å². The van der Waals surface area contributed by atoms with Crippen LogP contribution in [-0.2, 0) is 6.42 Å². The van der Waals surface area contributed by atoms with E-state index in [0.29, 0.717) is 17.2 Å². The highest BCUT2D eigenvalue weighted by atomic mass is 35.5. The number of ether oxygens (including phenoxy) is 1. The third-order valence-corrected chi connectivity index (χ3v) is 3.38. The number of aliphatic hydroxyl groups is 1. The van der Waals surface area contributed by atoms with Crippen molar-refractivity contribution in [3.8, 4) is 5.75 Å². The first kappa shape index (κ1) is 14.2. The smallest absolute Gasteiger partial charge is 0.199 e. The average molecular weight is 297 g/mol. The molecule has 0 amide bonds. The van der Waals surface area contributed by atoms with Gasteiger partial charge in [-0.15, -0.1) is 0 Å². The Hall–Kier alpha value is -1.22. The van der Waals surface area contributed by atoms with Crippen molar-refractivity contribution in [2.75, 3.05) is 6.61 Å². The van der Waals surface area contributed by atoms with Crippen LogP contribution in [0.1, 0.15) is 16.7 Å². The largest absolute Gasteiger partial charge is 0.470 e. The van der Waals surface area contributed by atoms with Gasteiger partial charge in [-0.2, -0.15) is 0 Å². The zero-order valence-electron chi connectivity index (χ0n) is 10.2. The van der Waals surface area contributed by atoms with Gasteiger partial charge in [0, 0.05) is 17.2 Å². The Bertz CT molecular complexity index is 526. The van der Waals surface area contributed by atoms with Crippen molar-refractivity contribution in [3.63, 3.8) is 0 Å². The summed E-state index contributed by atoms with van der Waals surface area (Å²) in [5.74, 6) is 0.668. The predicted octanol–water partition coefficient (Wildman–Crippen LogP) is 4.19. The van der Waals surface area contributed by atoms with Crippen LogP contribution in [0.4, 0.5) is 0 Å². The summed E-state index contributed by atoms with van der Waals surface area (Å²) in [6, 6.07) is 14.8. The molecule has 1 N–H and O–H groups in total. The minimum Gasteiger partial charge on any atom is -0.470 e. The number of hydrogen-bond acceptors (Lipinski definition) is 2. The molecule has 0 aliphatic heterocycles. The fraction of sp³-hybridized carbons (Fsp3) is 0.200. The SMILES string of the molecule is OCCc1ccc(OC(Cl)c2ccccc2Cl)cc1. The Morgan fingerprint density at radius 2 is 1.74 bits per heavy atom. The first-order valence-corrected chi connectivity index (χ1v) is 6.77. The molecule has 19 heavy (non-hydrogen) atoms. The molecule has 0 heterocycles. The summed E-state index contributed by atoms with van der Waals surface area (Å²) < 4.78 is 5.63. The van der Waals surface area contributed by atoms with E-state index in [-0.39, 0.29) is 6.61 Å². The molecule has 2 aromatic carbocycles. The summed E-state index contributed by atoms with van der Waals surface area (Å²) in [5.41, 5.74) is 1.17. The first-order valence-electron chi connectivity index (χ1n) is 5.95. The number of halogens is 2. The van der Waals surface area contributed by atoms with E-state index in [1.165, 1.54) is 0 Å². The molecule has 0 saturated carbocycles. The van der Waals surface area contributed by atoms with Crippen molar-refractivity contribution < 1.29 is 9.84 Å². The van der Waals surface area contributed by atoms with Gasteiger partial charge in [0.25, 0.3) is 0 Å². The fourth-order valence-corrected chi connectivity index (χ4v) is 2.29. The molecule has 0 spiro atoms. The molecule has 100 valence electrons. The van der Waals surface area contributed by atoms with E-state index in [1.807, 2.05) is 42.5 Å². The topological polar surface area (TPSA) is 29.5 Å². The van der Waals surface area contributed by atoms with Crippen molar-refractivity contribution in [1.29, 1.82) is 0 Å². The number of benzene rings is 2. The standard InChI is InChI=1S/C15H14Cl2O2/c16-14-4-2-1-3-13(14)15(17)19-12-7-5-11(6-8-12)9-10-18/h1-8,15,18H,9-10H2. The van der Waals surface area contributed by atoms with Gasteiger partial charge in [-0.25, -0.2) is 0 Å². The van der Waals surface area contributed by atoms with Gasteiger partial charge in [0.2, 0.25) is 0 Å². The van der Waals surface area contributed by atoms with Gasteiger partial charge >= 0.3 is 0 Å². The maximum absolute atomic E-state index is 8.85. The van der Waals surface area contributed by atoms with Crippen molar-refractivity contribution >= 4 is 23.2 Å². The highest BCUT2D eigenvalue weighted by molar-refractivity contribution is 6.32. The fourth-order valence-electron chi connectivity index (χ4n) is 1.71. The first-order chi connectivity index (χ1) is 9.20. The van der Waals surface area contributed by atoms with Crippen LogP contribution in [0.15, 0.2) is 48.5 Å². The lowest BCUT2D eigenvalue weighted by atomic mass is 10.1. The van der Waals surface area contributed by atoms with E-state index in [1.54, 1.807) is 6.07 Å². The minimum absolute atomic E-state index is 0.137. The molecule has 2 nitrogen and oxygen atoms in total. The zero-order chi connectivity index (χ0) is 13.7. The quantitative estimate of drug-likeness (QED) is 0.838. The molecule has 0 saturated heterocycles. The predicted molar refractivity (Wildman–Crippen MR) is 77.9 cm³/mol. The Balaban J connectivity index is 2.06. The van der Waals surface area contributed by atoms with Gasteiger partial charge in [0.05, 0.1) is 0 Å². The van der Waals surface area contributed by atoms with Crippen LogP contribution in [0.5, 0.6) is 5.75 Å². The number of aliphatic hydroxyl groups excluding tert-OH is 1. The monoisotopic (exact) mass is 296 g/mol. The lowest BCUT2D eigenvalue weighted by Gasteiger charge is -2.14. The molecule has 2 rings (SSSR count). The van der Waals surface area contributed by atoms with Crippen molar-refractivity contribution in [1.82, 2.24) is 0 Å². The normalized spacial score (nSPS) is 12.2. The summed E-state index contributed by atoms with van der Waals surface area (Å²) in [6.45, 7) is 0.137. The molecule has 0 radical (unpaired) electrons. The summed E-state index contributed by atoms with van der Waals surface area (Å²) in [6.07, 6.45) is 0.634. The summed E-state index contributed by atoms with van der Waals surface area (Å²) in [7, 11) is 0. The summed E-state index contributed by atoms with van der Waals surface area (Å²) in [5, 5.41) is 9.43. The van der Waals surface area contributed by atoms with Gasteiger partial charge < -0.3 is 9.84 Å². The number of hydrogen-bond donors (Lipinski definition) is 1. The zero-order valence-corrected chi connectivity index (χ0v) is 11.7. The minimum atomic E-state index is -0.627. The Morgan fingerprint density at radius 3 is 2.37 bits per heavy atom. The molecule has 0 aliphatic carbocycles. The maximum Gasteiger partial charge on any atom is 0.199 e. The van der Waals surface area contributed by atoms with Gasteiger partial charge in [-0.1, -0.05) is 53.5 Å². The Kier molecular flexibility index (Phi) is 5.08. The summed E-state index contributed by atoms with van der Waals surface area (Å²) >= 11 is 12.3. The van der Waals surface area contributed by atoms with Crippen LogP contribution in [0.25, 0.3) is 0 Å². The van der Waals surface area contributed by atoms with Crippen molar-refractivity contribution in [2.45, 2.75) is 12.0 Å². The van der Waals surface area contributed by atoms with Crippen molar-refractivity contribution in [3.05, 3.63) is 64.7 Å². The van der Waals surface area contributed by atoms with Crippen LogP contribution >= 0.6 is 23.2 Å². The molecule has 2 aromatic rings. The lowest BCUT2D eigenvalue weighted by Crippen LogP contribution is -2.01. The van der Waals surface area contributed by atoms with E-state index >= 15 is 0 Å². The molecule has 1 atom stereocenters. The molecule has 1 unspecified atom stereocenters. The van der Waals surface area contributed by atoms with Crippen molar-refractivity contribution in [2.24, 2.45) is 0 Å². The van der Waals surface area contributed by atoms with Crippen LogP contribution in [0, 0.1) is 0 Å². The van der Waals surface area contributed by atoms with Crippen LogP contribution in [0.3, 0.4) is 0 Å². The number of rotatable bonds is 5. The Labute approximate surface area is 122 Å². The van der Waals surface area contributed by atoms with Gasteiger partial charge in [-0.3, -0.25) is 0 Å². The average Bonchev–Trinajstić information content (AvgIpc) is 2.42. The third-order valence-electron chi connectivity index (χ3n) is 2.71. The van der Waals surface area contributed by atoms with Crippen LogP contribution in [0.2, 0.25) is 5.02 Å². The maximum atomic E-state index is 8.85. The lowest BCUT2D eigenvalue weighted by molar-refractivity contribution is 0.287. The molecule has 0 aliphatic rings. The van der Waals surface area contributed by atoms with E-state index in [0.717, 1.165) is 11.1 Å². The van der Waals surface area contributed by atoms with Crippen LogP contribution < -0.4 is 4.74 Å². The molecule has 4 heteroatoms. The summed E-state index contributed by atoms with van der Waals surface area (Å²) in [4.78, 5) is 0. The van der Waals surface area contributed by atoms with E-state index in [2.05, 4.69) is 0 Å². The second-order valence-corrected chi connectivity index (χ2v) is 4.88. The van der Waals surface area contributed by atoms with E-state index in [4.69, 9.17) is 33.0 Å². The molecule has 0 aromatic heterocycles. The van der Waals surface area contributed by atoms with Gasteiger partial charge in [0.1, 0.15) is 5.75 Å². The van der Waals surface area contributed by atoms with Gasteiger partial charge in [-0.05, 0) is 30.2 Å². The molecular weight excluding hydrogens is 283 g/mol. The molecule has 0 bridgehead atoms. The molecular formula is C15H14Cl2O2. The third kappa shape index (κ3) is 3.87. The van der Waals surface area contributed by atoms with E-state index in [9.17, 15) is 0 Å². The molecule has 0 fully saturated rings. The van der Waals surface area contributed by atoms with E-state index < -0.39 is 5.56 Å². The second kappa shape index (κ2) is 6.80. The highest BCUT2D eigenvalue weighted by Gasteiger charge is 2.12. The Morgan fingerprint density at radius 1 is 1.05 bits per heavy atom. The number of alkyl halides is 1.